The van der Waals surface area contributed by atoms with Crippen LogP contribution in [0, 0.1) is 0 Å². The van der Waals surface area contributed by atoms with Gasteiger partial charge in [0.1, 0.15) is 0 Å². The zero-order valence-corrected chi connectivity index (χ0v) is 15.8. The molecule has 2 aromatic rings. The van der Waals surface area contributed by atoms with Crippen LogP contribution in [0.2, 0.25) is 0 Å². The molecule has 0 aliphatic carbocycles. The zero-order chi connectivity index (χ0) is 18.7. The van der Waals surface area contributed by atoms with Crippen LogP contribution in [0.1, 0.15) is 29.9 Å². The van der Waals surface area contributed by atoms with Gasteiger partial charge in [-0.3, -0.25) is 4.79 Å². The average molecular weight is 377 g/mol. The van der Waals surface area contributed by atoms with E-state index in [9.17, 15) is 13.2 Å². The molecule has 2 aromatic heterocycles. The summed E-state index contributed by atoms with van der Waals surface area (Å²) in [7, 11) is -3.21. The molecule has 0 aromatic carbocycles. The number of nitrogens with zero attached hydrogens (tertiary/aromatic N) is 5. The summed E-state index contributed by atoms with van der Waals surface area (Å²) in [5, 5.41) is 4.34. The zero-order valence-electron chi connectivity index (χ0n) is 15.0. The van der Waals surface area contributed by atoms with Gasteiger partial charge in [-0.25, -0.2) is 18.1 Å². The predicted molar refractivity (Wildman–Crippen MR) is 97.7 cm³/mol. The van der Waals surface area contributed by atoms with Crippen LogP contribution in [0.15, 0.2) is 30.6 Å². The summed E-state index contributed by atoms with van der Waals surface area (Å²) < 4.78 is 27.1. The fourth-order valence-corrected chi connectivity index (χ4v) is 4.18. The van der Waals surface area contributed by atoms with Crippen molar-refractivity contribution in [2.24, 2.45) is 0 Å². The Labute approximate surface area is 153 Å². The normalized spacial score (nSPS) is 16.0. The van der Waals surface area contributed by atoms with Gasteiger partial charge in [-0.1, -0.05) is 13.0 Å². The molecule has 9 heteroatoms. The molecular weight excluding hydrogens is 354 g/mol. The van der Waals surface area contributed by atoms with Crippen LogP contribution < -0.4 is 0 Å². The van der Waals surface area contributed by atoms with Gasteiger partial charge in [-0.15, -0.1) is 0 Å². The van der Waals surface area contributed by atoms with Crippen molar-refractivity contribution in [2.75, 3.05) is 31.9 Å². The van der Waals surface area contributed by atoms with Crippen molar-refractivity contribution in [1.29, 1.82) is 0 Å². The fourth-order valence-electron chi connectivity index (χ4n) is 3.09. The third kappa shape index (κ3) is 3.49. The van der Waals surface area contributed by atoms with E-state index in [-0.39, 0.29) is 11.7 Å². The molecule has 0 N–H and O–H groups in total. The van der Waals surface area contributed by atoms with E-state index in [1.807, 2.05) is 25.1 Å². The quantitative estimate of drug-likeness (QED) is 0.774. The van der Waals surface area contributed by atoms with Crippen LogP contribution >= 0.6 is 0 Å². The van der Waals surface area contributed by atoms with Gasteiger partial charge in [-0.05, 0) is 25.5 Å². The molecule has 1 amide bonds. The molecule has 0 saturated carbocycles. The van der Waals surface area contributed by atoms with Gasteiger partial charge in [0.25, 0.3) is 5.91 Å². The van der Waals surface area contributed by atoms with E-state index < -0.39 is 10.0 Å². The second kappa shape index (κ2) is 7.55. The van der Waals surface area contributed by atoms with Crippen LogP contribution in [0.5, 0.6) is 0 Å². The largest absolute Gasteiger partial charge is 0.336 e. The summed E-state index contributed by atoms with van der Waals surface area (Å²) in [6.45, 7) is 5.03. The van der Waals surface area contributed by atoms with Gasteiger partial charge < -0.3 is 4.90 Å². The second-order valence-electron chi connectivity index (χ2n) is 6.05. The van der Waals surface area contributed by atoms with Gasteiger partial charge in [0, 0.05) is 32.4 Å². The molecule has 3 rings (SSSR count). The molecular formula is C17H23N5O3S. The Morgan fingerprint density at radius 1 is 1.15 bits per heavy atom. The minimum Gasteiger partial charge on any atom is -0.336 e. The summed E-state index contributed by atoms with van der Waals surface area (Å²) >= 11 is 0. The molecule has 26 heavy (non-hydrogen) atoms. The Bertz CT molecular complexity index is 871. The highest BCUT2D eigenvalue weighted by molar-refractivity contribution is 7.89. The summed E-state index contributed by atoms with van der Waals surface area (Å²) in [5.74, 6) is 0.637. The third-order valence-electron chi connectivity index (χ3n) is 4.58. The van der Waals surface area contributed by atoms with E-state index in [4.69, 9.17) is 0 Å². The Balaban J connectivity index is 1.78. The van der Waals surface area contributed by atoms with Gasteiger partial charge >= 0.3 is 0 Å². The first kappa shape index (κ1) is 18.5. The smallest absolute Gasteiger partial charge is 0.257 e. The van der Waals surface area contributed by atoms with E-state index in [1.54, 1.807) is 28.9 Å². The van der Waals surface area contributed by atoms with Crippen molar-refractivity contribution in [3.05, 3.63) is 41.9 Å². The molecule has 1 fully saturated rings. The molecule has 1 saturated heterocycles. The number of sulfonamides is 1. The Morgan fingerprint density at radius 2 is 1.88 bits per heavy atom. The first-order valence-electron chi connectivity index (χ1n) is 8.73. The highest BCUT2D eigenvalue weighted by Gasteiger charge is 2.29. The predicted octanol–water partition coefficient (Wildman–Crippen LogP) is 0.937. The van der Waals surface area contributed by atoms with E-state index in [0.29, 0.717) is 44.0 Å². The Morgan fingerprint density at radius 3 is 2.46 bits per heavy atom. The van der Waals surface area contributed by atoms with Crippen molar-refractivity contribution in [1.82, 2.24) is 24.0 Å². The first-order chi connectivity index (χ1) is 12.5. The first-order valence-corrected chi connectivity index (χ1v) is 10.3. The second-order valence-corrected chi connectivity index (χ2v) is 8.31. The monoisotopic (exact) mass is 377 g/mol. The molecule has 140 valence electrons. The van der Waals surface area contributed by atoms with Gasteiger partial charge in [0.2, 0.25) is 10.0 Å². The molecule has 8 nitrogen and oxygen atoms in total. The fraction of sp³-hybridized carbons (Fsp3) is 0.471. The Hall–Kier alpha value is -2.26. The molecule has 3 heterocycles. The number of piperazine rings is 1. The molecule has 0 radical (unpaired) electrons. The minimum atomic E-state index is -3.21. The van der Waals surface area contributed by atoms with Gasteiger partial charge in [0.15, 0.2) is 5.82 Å². The average Bonchev–Trinajstić information content (AvgIpc) is 3.12. The number of aromatic nitrogens is 3. The maximum Gasteiger partial charge on any atom is 0.257 e. The lowest BCUT2D eigenvalue weighted by Crippen LogP contribution is -2.51. The molecule has 0 bridgehead atoms. The van der Waals surface area contributed by atoms with Crippen LogP contribution in [0.25, 0.3) is 5.82 Å². The summed E-state index contributed by atoms with van der Waals surface area (Å²) in [6, 6.07) is 5.54. The highest BCUT2D eigenvalue weighted by Crippen LogP contribution is 2.18. The molecule has 0 atom stereocenters. The lowest BCUT2D eigenvalue weighted by molar-refractivity contribution is 0.0697. The molecule has 1 aliphatic heterocycles. The summed E-state index contributed by atoms with van der Waals surface area (Å²) in [6.07, 6.45) is 3.90. The van der Waals surface area contributed by atoms with Gasteiger partial charge in [-0.2, -0.15) is 9.40 Å². The number of hydrogen-bond acceptors (Lipinski definition) is 5. The molecule has 1 aliphatic rings. The maximum absolute atomic E-state index is 12.9. The maximum atomic E-state index is 12.9. The summed E-state index contributed by atoms with van der Waals surface area (Å²) in [4.78, 5) is 18.9. The van der Waals surface area contributed by atoms with Crippen LogP contribution in [-0.2, 0) is 16.4 Å². The van der Waals surface area contributed by atoms with E-state index in [0.717, 1.165) is 5.69 Å². The summed E-state index contributed by atoms with van der Waals surface area (Å²) in [5.41, 5.74) is 1.35. The SMILES string of the molecule is CCc1c(C(=O)N2CCN(S(=O)(=O)CC)CC2)cnn1-c1ccccn1. The number of rotatable bonds is 5. The topological polar surface area (TPSA) is 88.4 Å². The van der Waals surface area contributed by atoms with Crippen molar-refractivity contribution in [3.8, 4) is 5.82 Å². The van der Waals surface area contributed by atoms with Crippen molar-refractivity contribution in [2.45, 2.75) is 20.3 Å². The molecule has 0 spiro atoms. The lowest BCUT2D eigenvalue weighted by atomic mass is 10.1. The number of amides is 1. The van der Waals surface area contributed by atoms with E-state index in [1.165, 1.54) is 4.31 Å². The van der Waals surface area contributed by atoms with E-state index in [2.05, 4.69) is 10.1 Å². The molecule has 0 unspecified atom stereocenters. The van der Waals surface area contributed by atoms with Gasteiger partial charge in [0.05, 0.1) is 23.2 Å². The van der Waals surface area contributed by atoms with Crippen molar-refractivity contribution < 1.29 is 13.2 Å². The number of hydrogen-bond donors (Lipinski definition) is 0. The van der Waals surface area contributed by atoms with Crippen molar-refractivity contribution >= 4 is 15.9 Å². The van der Waals surface area contributed by atoms with Crippen LogP contribution in [-0.4, -0.2) is 70.2 Å². The number of pyridine rings is 1. The van der Waals surface area contributed by atoms with Crippen molar-refractivity contribution in [3.63, 3.8) is 0 Å². The minimum absolute atomic E-state index is 0.0811. The number of carbonyl (C=O) groups is 1. The lowest BCUT2D eigenvalue weighted by Gasteiger charge is -2.33. The Kier molecular flexibility index (Phi) is 5.38. The highest BCUT2D eigenvalue weighted by atomic mass is 32.2. The van der Waals surface area contributed by atoms with Crippen LogP contribution in [0.3, 0.4) is 0 Å². The van der Waals surface area contributed by atoms with E-state index >= 15 is 0 Å². The van der Waals surface area contributed by atoms with Crippen LogP contribution in [0.4, 0.5) is 0 Å². The third-order valence-corrected chi connectivity index (χ3v) is 6.47. The standard InChI is InChI=1S/C17H23N5O3S/c1-3-15-14(13-19-22(15)16-7-5-6-8-18-16)17(23)20-9-11-21(12-10-20)26(24,25)4-2/h5-8,13H,3-4,9-12H2,1-2H3. The number of carbonyl (C=O) groups excluding carboxylic acids is 1.